The Bertz CT molecular complexity index is 395. The van der Waals surface area contributed by atoms with Crippen molar-refractivity contribution in [3.05, 3.63) is 24.0 Å². The molecule has 5 nitrogen and oxygen atoms in total. The molecule has 1 aromatic rings. The van der Waals surface area contributed by atoms with Crippen LogP contribution in [0.4, 0.5) is 0 Å². The number of aromatic nitrogens is 1. The van der Waals surface area contributed by atoms with Gasteiger partial charge in [-0.1, -0.05) is 0 Å². The van der Waals surface area contributed by atoms with Gasteiger partial charge in [0.15, 0.2) is 0 Å². The number of likely N-dealkylation sites (tertiary alicyclic amines) is 1. The molecule has 0 saturated carbocycles. The zero-order valence-electron chi connectivity index (χ0n) is 8.83. The Hall–Kier alpha value is -1.62. The Kier molecular flexibility index (Phi) is 3.05. The number of aliphatic hydroxyl groups excluding tert-OH is 1. The molecule has 2 N–H and O–H groups in total. The van der Waals surface area contributed by atoms with E-state index in [1.54, 1.807) is 4.90 Å². The fourth-order valence-electron chi connectivity index (χ4n) is 2.01. The molecule has 1 atom stereocenters. The van der Waals surface area contributed by atoms with Crippen molar-refractivity contribution in [1.29, 1.82) is 0 Å². The first-order chi connectivity index (χ1) is 7.74. The van der Waals surface area contributed by atoms with Gasteiger partial charge in [-0.05, 0) is 18.9 Å². The molecular weight excluding hydrogens is 208 g/mol. The number of rotatable bonds is 2. The van der Waals surface area contributed by atoms with Crippen LogP contribution in [-0.2, 0) is 0 Å². The van der Waals surface area contributed by atoms with Gasteiger partial charge in [0, 0.05) is 12.7 Å². The molecule has 1 saturated heterocycles. The van der Waals surface area contributed by atoms with Gasteiger partial charge in [0.05, 0.1) is 24.4 Å². The minimum atomic E-state index is -0.239. The summed E-state index contributed by atoms with van der Waals surface area (Å²) < 4.78 is 0. The molecule has 1 aliphatic rings. The summed E-state index contributed by atoms with van der Waals surface area (Å²) in [5, 5.41) is 18.7. The lowest BCUT2D eigenvalue weighted by Gasteiger charge is -2.23. The summed E-state index contributed by atoms with van der Waals surface area (Å²) in [5.41, 5.74) is 0.246. The zero-order valence-corrected chi connectivity index (χ0v) is 8.83. The highest BCUT2D eigenvalue weighted by Gasteiger charge is 2.29. The van der Waals surface area contributed by atoms with E-state index in [-0.39, 0.29) is 29.9 Å². The number of aliphatic hydroxyl groups is 1. The van der Waals surface area contributed by atoms with Crippen LogP contribution in [0.15, 0.2) is 18.5 Å². The maximum atomic E-state index is 12.1. The Morgan fingerprint density at radius 3 is 3.12 bits per heavy atom. The van der Waals surface area contributed by atoms with E-state index >= 15 is 0 Å². The van der Waals surface area contributed by atoms with E-state index in [9.17, 15) is 9.90 Å². The quantitative estimate of drug-likeness (QED) is 0.759. The number of hydrogen-bond acceptors (Lipinski definition) is 4. The predicted octanol–water partition coefficient (Wildman–Crippen LogP) is 0.384. The maximum Gasteiger partial charge on any atom is 0.258 e. The Labute approximate surface area is 93.3 Å². The molecule has 2 rings (SSSR count). The molecule has 86 valence electrons. The van der Waals surface area contributed by atoms with Gasteiger partial charge in [0.1, 0.15) is 5.75 Å². The van der Waals surface area contributed by atoms with Crippen LogP contribution in [0.2, 0.25) is 0 Å². The van der Waals surface area contributed by atoms with Crippen molar-refractivity contribution < 1.29 is 15.0 Å². The number of nitrogens with zero attached hydrogens (tertiary/aromatic N) is 2. The second-order valence-corrected chi connectivity index (χ2v) is 3.87. The molecular formula is C11H14N2O3. The zero-order chi connectivity index (χ0) is 11.5. The van der Waals surface area contributed by atoms with Crippen molar-refractivity contribution in [3.8, 4) is 5.75 Å². The number of carbonyl (C=O) groups is 1. The van der Waals surface area contributed by atoms with Gasteiger partial charge in [-0.3, -0.25) is 9.78 Å². The van der Waals surface area contributed by atoms with Crippen molar-refractivity contribution in [2.75, 3.05) is 13.2 Å². The van der Waals surface area contributed by atoms with Crippen LogP contribution >= 0.6 is 0 Å². The molecule has 5 heteroatoms. The lowest BCUT2D eigenvalue weighted by molar-refractivity contribution is 0.0674. The summed E-state index contributed by atoms with van der Waals surface area (Å²) >= 11 is 0. The fraction of sp³-hybridized carbons (Fsp3) is 0.455. The van der Waals surface area contributed by atoms with E-state index in [1.165, 1.54) is 18.5 Å². The van der Waals surface area contributed by atoms with Gasteiger partial charge in [-0.15, -0.1) is 0 Å². The lowest BCUT2D eigenvalue weighted by Crippen LogP contribution is -2.37. The Balaban J connectivity index is 2.22. The molecule has 0 aromatic carbocycles. The van der Waals surface area contributed by atoms with Crippen LogP contribution < -0.4 is 0 Å². The SMILES string of the molecule is O=C(c1ccncc1O)N1CCCC1CO. The molecule has 16 heavy (non-hydrogen) atoms. The van der Waals surface area contributed by atoms with E-state index in [1.807, 2.05) is 0 Å². The van der Waals surface area contributed by atoms with Crippen LogP contribution in [0.3, 0.4) is 0 Å². The minimum absolute atomic E-state index is 0.0302. The van der Waals surface area contributed by atoms with E-state index in [0.29, 0.717) is 6.54 Å². The standard InChI is InChI=1S/C11H14N2O3/c14-7-8-2-1-5-13(8)11(16)9-3-4-12-6-10(9)15/h3-4,6,8,14-15H,1-2,5,7H2. The van der Waals surface area contributed by atoms with E-state index in [2.05, 4.69) is 4.98 Å². The van der Waals surface area contributed by atoms with Crippen LogP contribution in [0.25, 0.3) is 0 Å². The minimum Gasteiger partial charge on any atom is -0.505 e. The maximum absolute atomic E-state index is 12.1. The first-order valence-electron chi connectivity index (χ1n) is 5.29. The highest BCUT2D eigenvalue weighted by atomic mass is 16.3. The molecule has 0 spiro atoms. The van der Waals surface area contributed by atoms with Crippen LogP contribution in [-0.4, -0.2) is 45.2 Å². The average molecular weight is 222 g/mol. The summed E-state index contributed by atoms with van der Waals surface area (Å²) in [5.74, 6) is -0.354. The molecule has 1 amide bonds. The van der Waals surface area contributed by atoms with Crippen molar-refractivity contribution in [2.45, 2.75) is 18.9 Å². The van der Waals surface area contributed by atoms with E-state index in [4.69, 9.17) is 5.11 Å². The summed E-state index contributed by atoms with van der Waals surface area (Å²) in [6.07, 6.45) is 4.42. The normalized spacial score (nSPS) is 20.1. The number of aromatic hydroxyl groups is 1. The molecule has 0 radical (unpaired) electrons. The summed E-state index contributed by atoms with van der Waals surface area (Å²) in [7, 11) is 0. The van der Waals surface area contributed by atoms with Crippen LogP contribution in [0.1, 0.15) is 23.2 Å². The van der Waals surface area contributed by atoms with Gasteiger partial charge in [-0.2, -0.15) is 0 Å². The molecule has 1 fully saturated rings. The van der Waals surface area contributed by atoms with Gasteiger partial charge in [0.25, 0.3) is 5.91 Å². The van der Waals surface area contributed by atoms with Crippen molar-refractivity contribution >= 4 is 5.91 Å². The smallest absolute Gasteiger partial charge is 0.258 e. The number of carbonyl (C=O) groups excluding carboxylic acids is 1. The average Bonchev–Trinajstić information content (AvgIpc) is 2.77. The van der Waals surface area contributed by atoms with Crippen molar-refractivity contribution in [2.24, 2.45) is 0 Å². The van der Waals surface area contributed by atoms with Gasteiger partial charge >= 0.3 is 0 Å². The number of amides is 1. The van der Waals surface area contributed by atoms with Crippen LogP contribution in [0.5, 0.6) is 5.75 Å². The van der Waals surface area contributed by atoms with Crippen LogP contribution in [0, 0.1) is 0 Å². The number of hydrogen-bond donors (Lipinski definition) is 2. The topological polar surface area (TPSA) is 73.7 Å². The Morgan fingerprint density at radius 2 is 2.44 bits per heavy atom. The molecule has 1 aromatic heterocycles. The molecule has 1 aliphatic heterocycles. The molecule has 2 heterocycles. The first kappa shape index (κ1) is 10.9. The van der Waals surface area contributed by atoms with Crippen molar-refractivity contribution in [1.82, 2.24) is 9.88 Å². The molecule has 0 aliphatic carbocycles. The monoisotopic (exact) mass is 222 g/mol. The number of pyridine rings is 1. The Morgan fingerprint density at radius 1 is 1.62 bits per heavy atom. The highest BCUT2D eigenvalue weighted by Crippen LogP contribution is 2.23. The summed E-state index contributed by atoms with van der Waals surface area (Å²) in [6, 6.07) is 1.37. The predicted molar refractivity (Wildman–Crippen MR) is 57.0 cm³/mol. The van der Waals surface area contributed by atoms with Crippen molar-refractivity contribution in [3.63, 3.8) is 0 Å². The summed E-state index contributed by atoms with van der Waals surface area (Å²) in [6.45, 7) is 0.601. The van der Waals surface area contributed by atoms with E-state index in [0.717, 1.165) is 12.8 Å². The third kappa shape index (κ3) is 1.86. The van der Waals surface area contributed by atoms with Gasteiger partial charge in [-0.25, -0.2) is 0 Å². The lowest BCUT2D eigenvalue weighted by atomic mass is 10.2. The largest absolute Gasteiger partial charge is 0.505 e. The van der Waals surface area contributed by atoms with E-state index < -0.39 is 0 Å². The first-order valence-corrected chi connectivity index (χ1v) is 5.29. The second-order valence-electron chi connectivity index (χ2n) is 3.87. The molecule has 0 bridgehead atoms. The summed E-state index contributed by atoms with van der Waals surface area (Å²) in [4.78, 5) is 17.4. The van der Waals surface area contributed by atoms with Gasteiger partial charge in [0.2, 0.25) is 0 Å². The molecule has 1 unspecified atom stereocenters. The third-order valence-electron chi connectivity index (χ3n) is 2.88. The highest BCUT2D eigenvalue weighted by molar-refractivity contribution is 5.96. The van der Waals surface area contributed by atoms with Gasteiger partial charge < -0.3 is 15.1 Å². The second kappa shape index (κ2) is 4.49. The third-order valence-corrected chi connectivity index (χ3v) is 2.88. The fourth-order valence-corrected chi connectivity index (χ4v) is 2.01.